The number of rotatable bonds is 6. The van der Waals surface area contributed by atoms with Gasteiger partial charge in [-0.15, -0.1) is 5.10 Å². The quantitative estimate of drug-likeness (QED) is 0.832. The van der Waals surface area contributed by atoms with Crippen molar-refractivity contribution >= 4 is 11.7 Å². The molecule has 0 spiro atoms. The summed E-state index contributed by atoms with van der Waals surface area (Å²) in [6.45, 7) is 5.85. The molecule has 8 nitrogen and oxygen atoms in total. The van der Waals surface area contributed by atoms with Crippen molar-refractivity contribution in [1.29, 1.82) is 0 Å². The summed E-state index contributed by atoms with van der Waals surface area (Å²) in [6, 6.07) is 1.90. The van der Waals surface area contributed by atoms with Gasteiger partial charge in [0.25, 0.3) is 0 Å². The van der Waals surface area contributed by atoms with Gasteiger partial charge in [0.2, 0.25) is 5.91 Å². The molecule has 0 aliphatic carbocycles. The largest absolute Gasteiger partial charge is 0.387 e. The van der Waals surface area contributed by atoms with Crippen molar-refractivity contribution in [2.75, 3.05) is 5.32 Å². The standard InChI is InChI=1S/C13H20N6O2/c1-4-11(20)10-7-18(17-16-10)8-13(21)15-12-5-6-14-19(12)9(2)3/h5-7,9,11,20H,4,8H2,1-3H3,(H,15,21). The van der Waals surface area contributed by atoms with Gasteiger partial charge in [-0.05, 0) is 20.3 Å². The van der Waals surface area contributed by atoms with Crippen molar-refractivity contribution in [2.24, 2.45) is 0 Å². The summed E-state index contributed by atoms with van der Waals surface area (Å²) in [5.41, 5.74) is 0.470. The van der Waals surface area contributed by atoms with Crippen LogP contribution in [0.25, 0.3) is 0 Å². The Kier molecular flexibility index (Phi) is 4.69. The molecule has 0 aliphatic heterocycles. The van der Waals surface area contributed by atoms with Crippen LogP contribution in [0.2, 0.25) is 0 Å². The Balaban J connectivity index is 1.98. The summed E-state index contributed by atoms with van der Waals surface area (Å²) >= 11 is 0. The number of hydrogen-bond acceptors (Lipinski definition) is 5. The van der Waals surface area contributed by atoms with Gasteiger partial charge in [-0.25, -0.2) is 9.36 Å². The smallest absolute Gasteiger partial charge is 0.247 e. The first-order valence-corrected chi connectivity index (χ1v) is 6.92. The third-order valence-corrected chi connectivity index (χ3v) is 3.02. The molecule has 2 aromatic heterocycles. The van der Waals surface area contributed by atoms with Gasteiger partial charge in [-0.3, -0.25) is 4.79 Å². The zero-order valence-electron chi connectivity index (χ0n) is 12.4. The van der Waals surface area contributed by atoms with Crippen molar-refractivity contribution in [3.8, 4) is 0 Å². The Morgan fingerprint density at radius 2 is 2.24 bits per heavy atom. The SMILES string of the molecule is CCC(O)c1cn(CC(=O)Nc2ccnn2C(C)C)nn1. The number of hydrogen-bond donors (Lipinski definition) is 2. The number of nitrogens with zero attached hydrogens (tertiary/aromatic N) is 5. The summed E-state index contributed by atoms with van der Waals surface area (Å²) in [5, 5.41) is 24.3. The highest BCUT2D eigenvalue weighted by Crippen LogP contribution is 2.14. The van der Waals surface area contributed by atoms with Crippen molar-refractivity contribution in [3.63, 3.8) is 0 Å². The fourth-order valence-electron chi connectivity index (χ4n) is 1.91. The van der Waals surface area contributed by atoms with Crippen LogP contribution in [0.1, 0.15) is 45.0 Å². The second kappa shape index (κ2) is 6.49. The highest BCUT2D eigenvalue weighted by atomic mass is 16.3. The third kappa shape index (κ3) is 3.66. The van der Waals surface area contributed by atoms with E-state index in [0.717, 1.165) is 0 Å². The van der Waals surface area contributed by atoms with E-state index in [0.29, 0.717) is 17.9 Å². The fourth-order valence-corrected chi connectivity index (χ4v) is 1.91. The average molecular weight is 292 g/mol. The van der Waals surface area contributed by atoms with Crippen LogP contribution in [0.3, 0.4) is 0 Å². The van der Waals surface area contributed by atoms with Crippen molar-refractivity contribution in [1.82, 2.24) is 24.8 Å². The van der Waals surface area contributed by atoms with Crippen LogP contribution in [0.15, 0.2) is 18.5 Å². The highest BCUT2D eigenvalue weighted by molar-refractivity contribution is 5.89. The first kappa shape index (κ1) is 15.2. The molecule has 2 N–H and O–H groups in total. The summed E-state index contributed by atoms with van der Waals surface area (Å²) in [5.74, 6) is 0.420. The highest BCUT2D eigenvalue weighted by Gasteiger charge is 2.13. The molecule has 0 saturated heterocycles. The fraction of sp³-hybridized carbons (Fsp3) is 0.538. The number of aliphatic hydroxyl groups excluding tert-OH is 1. The van der Waals surface area contributed by atoms with Crippen LogP contribution < -0.4 is 5.32 Å². The molecular weight excluding hydrogens is 272 g/mol. The molecule has 0 saturated carbocycles. The number of aromatic nitrogens is 5. The summed E-state index contributed by atoms with van der Waals surface area (Å²) in [7, 11) is 0. The Hall–Kier alpha value is -2.22. The first-order valence-electron chi connectivity index (χ1n) is 6.92. The molecular formula is C13H20N6O2. The van der Waals surface area contributed by atoms with Gasteiger partial charge in [-0.2, -0.15) is 5.10 Å². The lowest BCUT2D eigenvalue weighted by atomic mass is 10.2. The Bertz CT molecular complexity index is 603. The lowest BCUT2D eigenvalue weighted by Gasteiger charge is -2.11. The number of amides is 1. The third-order valence-electron chi connectivity index (χ3n) is 3.02. The van der Waals surface area contributed by atoms with E-state index >= 15 is 0 Å². The zero-order chi connectivity index (χ0) is 15.4. The van der Waals surface area contributed by atoms with Gasteiger partial charge in [0.05, 0.1) is 18.5 Å². The van der Waals surface area contributed by atoms with Crippen molar-refractivity contribution < 1.29 is 9.90 Å². The number of anilines is 1. The molecule has 21 heavy (non-hydrogen) atoms. The van der Waals surface area contributed by atoms with Crippen LogP contribution in [-0.4, -0.2) is 35.8 Å². The van der Waals surface area contributed by atoms with E-state index in [2.05, 4.69) is 20.7 Å². The maximum Gasteiger partial charge on any atom is 0.247 e. The Morgan fingerprint density at radius 1 is 1.48 bits per heavy atom. The van der Waals surface area contributed by atoms with E-state index < -0.39 is 6.10 Å². The van der Waals surface area contributed by atoms with E-state index in [4.69, 9.17) is 0 Å². The molecule has 0 aliphatic rings. The number of aliphatic hydroxyl groups is 1. The topological polar surface area (TPSA) is 97.9 Å². The van der Waals surface area contributed by atoms with Crippen molar-refractivity contribution in [3.05, 3.63) is 24.2 Å². The summed E-state index contributed by atoms with van der Waals surface area (Å²) in [4.78, 5) is 12.0. The normalized spacial score (nSPS) is 12.6. The predicted molar refractivity (Wildman–Crippen MR) is 76.5 cm³/mol. The van der Waals surface area contributed by atoms with Crippen LogP contribution >= 0.6 is 0 Å². The van der Waals surface area contributed by atoms with Crippen molar-refractivity contribution in [2.45, 2.75) is 45.9 Å². The molecule has 1 amide bonds. The number of nitrogens with one attached hydrogen (secondary N) is 1. The summed E-state index contributed by atoms with van der Waals surface area (Å²) < 4.78 is 3.13. The maximum absolute atomic E-state index is 12.0. The summed E-state index contributed by atoms with van der Waals surface area (Å²) in [6.07, 6.45) is 3.12. The molecule has 0 fully saturated rings. The van der Waals surface area contributed by atoms with Crippen LogP contribution in [0.4, 0.5) is 5.82 Å². The predicted octanol–water partition coefficient (Wildman–Crippen LogP) is 1.14. The lowest BCUT2D eigenvalue weighted by Crippen LogP contribution is -2.21. The zero-order valence-corrected chi connectivity index (χ0v) is 12.4. The minimum atomic E-state index is -0.649. The van der Waals surface area contributed by atoms with E-state index in [1.54, 1.807) is 23.1 Å². The maximum atomic E-state index is 12.0. The molecule has 0 aromatic carbocycles. The molecule has 8 heteroatoms. The molecule has 114 valence electrons. The van der Waals surface area contributed by atoms with Crippen LogP contribution in [-0.2, 0) is 11.3 Å². The molecule has 2 rings (SSSR count). The molecule has 2 heterocycles. The van der Waals surface area contributed by atoms with E-state index in [-0.39, 0.29) is 18.5 Å². The minimum Gasteiger partial charge on any atom is -0.387 e. The first-order chi connectivity index (χ1) is 10.0. The number of carbonyl (C=O) groups is 1. The minimum absolute atomic E-state index is 0.0344. The molecule has 1 atom stereocenters. The van der Waals surface area contributed by atoms with Gasteiger partial charge in [0, 0.05) is 12.1 Å². The van der Waals surface area contributed by atoms with Gasteiger partial charge in [0.15, 0.2) is 0 Å². The van der Waals surface area contributed by atoms with Crippen LogP contribution in [0.5, 0.6) is 0 Å². The molecule has 1 unspecified atom stereocenters. The van der Waals surface area contributed by atoms with Gasteiger partial charge in [-0.1, -0.05) is 12.1 Å². The van der Waals surface area contributed by atoms with E-state index in [9.17, 15) is 9.90 Å². The van der Waals surface area contributed by atoms with Crippen LogP contribution in [0, 0.1) is 0 Å². The lowest BCUT2D eigenvalue weighted by molar-refractivity contribution is -0.117. The molecule has 2 aromatic rings. The molecule has 0 bridgehead atoms. The Labute approximate surface area is 122 Å². The van der Waals surface area contributed by atoms with E-state index in [1.807, 2.05) is 20.8 Å². The van der Waals surface area contributed by atoms with Gasteiger partial charge >= 0.3 is 0 Å². The molecule has 0 radical (unpaired) electrons. The Morgan fingerprint density at radius 3 is 2.90 bits per heavy atom. The number of carbonyl (C=O) groups excluding carboxylic acids is 1. The average Bonchev–Trinajstić information content (AvgIpc) is 3.07. The second-order valence-electron chi connectivity index (χ2n) is 5.07. The second-order valence-corrected chi connectivity index (χ2v) is 5.07. The monoisotopic (exact) mass is 292 g/mol. The van der Waals surface area contributed by atoms with E-state index in [1.165, 1.54) is 4.68 Å². The van der Waals surface area contributed by atoms with Gasteiger partial charge < -0.3 is 10.4 Å². The van der Waals surface area contributed by atoms with Gasteiger partial charge in [0.1, 0.15) is 18.1 Å².